The van der Waals surface area contributed by atoms with Crippen LogP contribution in [-0.2, 0) is 11.2 Å². The maximum Gasteiger partial charge on any atom is 0.233 e. The van der Waals surface area contributed by atoms with Crippen LogP contribution in [0, 0.1) is 5.41 Å². The number of amides is 1. The van der Waals surface area contributed by atoms with E-state index in [1.807, 2.05) is 42.6 Å². The van der Waals surface area contributed by atoms with Gasteiger partial charge in [-0.3, -0.25) is 4.79 Å². The first-order chi connectivity index (χ1) is 13.5. The number of aromatic nitrogens is 1. The molecular weight excluding hydrogens is 372 g/mol. The predicted molar refractivity (Wildman–Crippen MR) is 110 cm³/mol. The van der Waals surface area contributed by atoms with E-state index in [0.717, 1.165) is 28.2 Å². The minimum atomic E-state index is -0.660. The highest BCUT2D eigenvalue weighted by molar-refractivity contribution is 7.13. The summed E-state index contributed by atoms with van der Waals surface area (Å²) in [5.74, 6) is 1.41. The van der Waals surface area contributed by atoms with Gasteiger partial charge in [0, 0.05) is 17.5 Å². The third-order valence-electron chi connectivity index (χ3n) is 5.46. The first-order valence-electron chi connectivity index (χ1n) is 9.07. The third kappa shape index (κ3) is 3.14. The fraction of sp³-hybridized carbons (Fsp3) is 0.273. The Morgan fingerprint density at radius 3 is 2.68 bits per heavy atom. The van der Waals surface area contributed by atoms with Crippen LogP contribution >= 0.6 is 11.3 Å². The lowest BCUT2D eigenvalue weighted by Gasteiger charge is -2.31. The lowest BCUT2D eigenvalue weighted by atomic mass is 9.73. The van der Waals surface area contributed by atoms with E-state index in [1.165, 1.54) is 11.3 Å². The number of methoxy groups -OCH3 is 2. The average Bonchev–Trinajstić information content (AvgIpc) is 3.32. The van der Waals surface area contributed by atoms with Crippen molar-refractivity contribution in [1.82, 2.24) is 4.98 Å². The number of benzene rings is 2. The number of hydrogen-bond donors (Lipinski definition) is 1. The normalized spacial score (nSPS) is 20.5. The number of nitrogens with one attached hydrogen (secondary N) is 1. The second kappa shape index (κ2) is 7.28. The van der Waals surface area contributed by atoms with Crippen LogP contribution in [0.2, 0.25) is 0 Å². The highest BCUT2D eigenvalue weighted by Gasteiger charge is 2.49. The number of rotatable bonds is 5. The van der Waals surface area contributed by atoms with Crippen molar-refractivity contribution in [1.29, 1.82) is 0 Å². The molecule has 0 fully saturated rings. The highest BCUT2D eigenvalue weighted by atomic mass is 32.1. The van der Waals surface area contributed by atoms with Crippen LogP contribution in [-0.4, -0.2) is 25.1 Å². The topological polar surface area (TPSA) is 60.5 Å². The molecular formula is C22H22N2O3S. The van der Waals surface area contributed by atoms with E-state index in [9.17, 15) is 4.79 Å². The smallest absolute Gasteiger partial charge is 0.233 e. The molecule has 1 N–H and O–H groups in total. The van der Waals surface area contributed by atoms with Gasteiger partial charge in [-0.15, -0.1) is 11.3 Å². The van der Waals surface area contributed by atoms with Gasteiger partial charge in [-0.25, -0.2) is 4.98 Å². The molecule has 0 saturated heterocycles. The molecule has 6 heteroatoms. The number of anilines is 1. The Labute approximate surface area is 168 Å². The largest absolute Gasteiger partial charge is 0.497 e. The lowest BCUT2D eigenvalue weighted by Crippen LogP contribution is -2.37. The van der Waals surface area contributed by atoms with Crippen LogP contribution in [0.1, 0.15) is 29.5 Å². The van der Waals surface area contributed by atoms with Crippen molar-refractivity contribution in [3.63, 3.8) is 0 Å². The summed E-state index contributed by atoms with van der Waals surface area (Å²) < 4.78 is 10.9. The molecule has 2 atom stereocenters. The fourth-order valence-corrected chi connectivity index (χ4v) is 4.60. The zero-order valence-electron chi connectivity index (χ0n) is 16.1. The fourth-order valence-electron chi connectivity index (χ4n) is 4.08. The molecule has 3 aromatic rings. The molecule has 1 amide bonds. The van der Waals surface area contributed by atoms with E-state index in [4.69, 9.17) is 9.47 Å². The van der Waals surface area contributed by atoms with Gasteiger partial charge in [-0.05, 0) is 54.3 Å². The summed E-state index contributed by atoms with van der Waals surface area (Å²) in [6.07, 6.45) is 2.34. The number of fused-ring (bicyclic) bond motifs is 1. The number of carbonyl (C=O) groups is 1. The van der Waals surface area contributed by atoms with E-state index in [-0.39, 0.29) is 11.8 Å². The van der Waals surface area contributed by atoms with Gasteiger partial charge in [0.15, 0.2) is 5.13 Å². The quantitative estimate of drug-likeness (QED) is 0.692. The third-order valence-corrected chi connectivity index (χ3v) is 6.15. The summed E-state index contributed by atoms with van der Waals surface area (Å²) in [6.45, 7) is 2.02. The lowest BCUT2D eigenvalue weighted by molar-refractivity contribution is -0.125. The van der Waals surface area contributed by atoms with Gasteiger partial charge in [0.1, 0.15) is 11.5 Å². The van der Waals surface area contributed by atoms with E-state index in [2.05, 4.69) is 22.4 Å². The van der Waals surface area contributed by atoms with Crippen molar-refractivity contribution in [2.24, 2.45) is 5.41 Å². The Morgan fingerprint density at radius 1 is 1.18 bits per heavy atom. The molecule has 0 radical (unpaired) electrons. The minimum Gasteiger partial charge on any atom is -0.497 e. The van der Waals surface area contributed by atoms with Gasteiger partial charge in [-0.1, -0.05) is 18.2 Å². The van der Waals surface area contributed by atoms with Crippen LogP contribution in [0.4, 0.5) is 5.13 Å². The highest BCUT2D eigenvalue weighted by Crippen LogP contribution is 2.52. The van der Waals surface area contributed by atoms with Gasteiger partial charge in [0.2, 0.25) is 5.91 Å². The summed E-state index contributed by atoms with van der Waals surface area (Å²) >= 11 is 1.42. The predicted octanol–water partition coefficient (Wildman–Crippen LogP) is 4.49. The number of ether oxygens (including phenoxy) is 2. The summed E-state index contributed by atoms with van der Waals surface area (Å²) in [7, 11) is 3.31. The monoisotopic (exact) mass is 394 g/mol. The molecule has 144 valence electrons. The van der Waals surface area contributed by atoms with Crippen LogP contribution in [0.3, 0.4) is 0 Å². The Bertz CT molecular complexity index is 1000. The van der Waals surface area contributed by atoms with Crippen molar-refractivity contribution in [2.75, 3.05) is 19.5 Å². The number of hydrogen-bond acceptors (Lipinski definition) is 5. The molecule has 5 nitrogen and oxygen atoms in total. The summed E-state index contributed by atoms with van der Waals surface area (Å²) in [4.78, 5) is 17.6. The molecule has 0 spiro atoms. The Balaban J connectivity index is 1.81. The molecule has 0 unspecified atom stereocenters. The van der Waals surface area contributed by atoms with Crippen molar-refractivity contribution < 1.29 is 14.3 Å². The van der Waals surface area contributed by atoms with Crippen LogP contribution in [0.15, 0.2) is 54.0 Å². The second-order valence-electron chi connectivity index (χ2n) is 7.16. The first kappa shape index (κ1) is 18.5. The maximum atomic E-state index is 13.4. The molecule has 4 rings (SSSR count). The van der Waals surface area contributed by atoms with Gasteiger partial charge in [-0.2, -0.15) is 0 Å². The van der Waals surface area contributed by atoms with Crippen LogP contribution in [0.25, 0.3) is 0 Å². The standard InChI is InChI=1S/C22H22N2O3S/c1-22(20(25)24-21-23-9-10-28-21)13-15-7-8-17(27-3)12-18(15)19(22)14-5-4-6-16(11-14)26-2/h4-12,19H,13H2,1-3H3,(H,23,24,25)/t19-,22+/m0/s1. The molecule has 1 aromatic heterocycles. The molecule has 28 heavy (non-hydrogen) atoms. The average molecular weight is 394 g/mol. The minimum absolute atomic E-state index is 0.0366. The van der Waals surface area contributed by atoms with Crippen LogP contribution < -0.4 is 14.8 Å². The molecule has 1 aliphatic rings. The van der Waals surface area contributed by atoms with E-state index in [0.29, 0.717) is 11.6 Å². The summed E-state index contributed by atoms with van der Waals surface area (Å²) in [5, 5.41) is 5.47. The molecule has 2 aromatic carbocycles. The number of nitrogens with zero attached hydrogens (tertiary/aromatic N) is 1. The summed E-state index contributed by atoms with van der Waals surface area (Å²) in [6, 6.07) is 14.0. The Hall–Kier alpha value is -2.86. The number of thiazole rings is 1. The van der Waals surface area contributed by atoms with Gasteiger partial charge < -0.3 is 14.8 Å². The van der Waals surface area contributed by atoms with Crippen molar-refractivity contribution in [3.05, 3.63) is 70.7 Å². The van der Waals surface area contributed by atoms with Gasteiger partial charge in [0.25, 0.3) is 0 Å². The molecule has 0 saturated carbocycles. The molecule has 1 aliphatic carbocycles. The molecule has 0 aliphatic heterocycles. The number of carbonyl (C=O) groups excluding carboxylic acids is 1. The van der Waals surface area contributed by atoms with Crippen molar-refractivity contribution in [3.8, 4) is 11.5 Å². The van der Waals surface area contributed by atoms with Gasteiger partial charge >= 0.3 is 0 Å². The van der Waals surface area contributed by atoms with E-state index >= 15 is 0 Å². The van der Waals surface area contributed by atoms with E-state index in [1.54, 1.807) is 20.4 Å². The molecule has 1 heterocycles. The Kier molecular flexibility index (Phi) is 4.81. The maximum absolute atomic E-state index is 13.4. The van der Waals surface area contributed by atoms with Crippen LogP contribution in [0.5, 0.6) is 11.5 Å². The SMILES string of the molecule is COc1cccc([C@H]2c3cc(OC)ccc3C[C@@]2(C)C(=O)Nc2nccs2)c1. The second-order valence-corrected chi connectivity index (χ2v) is 8.05. The van der Waals surface area contributed by atoms with Crippen molar-refractivity contribution in [2.45, 2.75) is 19.3 Å². The Morgan fingerprint density at radius 2 is 1.96 bits per heavy atom. The van der Waals surface area contributed by atoms with Gasteiger partial charge in [0.05, 0.1) is 19.6 Å². The molecule has 0 bridgehead atoms. The van der Waals surface area contributed by atoms with Crippen molar-refractivity contribution >= 4 is 22.4 Å². The summed E-state index contributed by atoms with van der Waals surface area (Å²) in [5.41, 5.74) is 2.66. The van der Waals surface area contributed by atoms with E-state index < -0.39 is 5.41 Å². The zero-order valence-corrected chi connectivity index (χ0v) is 16.9. The first-order valence-corrected chi connectivity index (χ1v) is 9.95. The zero-order chi connectivity index (χ0) is 19.7.